The molecule has 0 bridgehead atoms. The molecule has 2 aromatic rings. The Kier molecular flexibility index (Phi) is 3.94. The predicted octanol–water partition coefficient (Wildman–Crippen LogP) is 2.15. The van der Waals surface area contributed by atoms with Crippen LogP contribution in [0.1, 0.15) is 24.2 Å². The summed E-state index contributed by atoms with van der Waals surface area (Å²) in [6, 6.07) is 4.04. The quantitative estimate of drug-likeness (QED) is 0.761. The van der Waals surface area contributed by atoms with Gasteiger partial charge in [0.15, 0.2) is 0 Å². The third-order valence-electron chi connectivity index (χ3n) is 2.86. The first kappa shape index (κ1) is 12.6. The summed E-state index contributed by atoms with van der Waals surface area (Å²) in [7, 11) is 0. The van der Waals surface area contributed by atoms with Crippen LogP contribution in [0.3, 0.4) is 0 Å². The van der Waals surface area contributed by atoms with Gasteiger partial charge in [-0.1, -0.05) is 6.07 Å². The lowest BCUT2D eigenvalue weighted by atomic mass is 10.1. The van der Waals surface area contributed by atoms with Crippen molar-refractivity contribution < 1.29 is 9.50 Å². The van der Waals surface area contributed by atoms with Crippen LogP contribution in [0.4, 0.5) is 4.39 Å². The standard InChI is InChI=1S/C13H16FN3O/c1-9(12-3-2-10(14)6-13(12)18)16-5-4-11-7-15-8-17-11/h2-3,6-9,16,18H,4-5H2,1H3,(H,15,17). The Morgan fingerprint density at radius 1 is 1.50 bits per heavy atom. The van der Waals surface area contributed by atoms with Crippen LogP contribution in [0.5, 0.6) is 5.75 Å². The number of nitrogens with one attached hydrogen (secondary N) is 2. The van der Waals surface area contributed by atoms with Gasteiger partial charge in [0.05, 0.1) is 6.33 Å². The predicted molar refractivity (Wildman–Crippen MR) is 66.8 cm³/mol. The van der Waals surface area contributed by atoms with Crippen LogP contribution < -0.4 is 5.32 Å². The van der Waals surface area contributed by atoms with Crippen molar-refractivity contribution in [3.63, 3.8) is 0 Å². The van der Waals surface area contributed by atoms with Gasteiger partial charge in [-0.3, -0.25) is 0 Å². The topological polar surface area (TPSA) is 60.9 Å². The summed E-state index contributed by atoms with van der Waals surface area (Å²) in [5.74, 6) is -0.447. The number of nitrogens with zero attached hydrogens (tertiary/aromatic N) is 1. The molecule has 0 aliphatic carbocycles. The number of hydrogen-bond acceptors (Lipinski definition) is 3. The van der Waals surface area contributed by atoms with Crippen molar-refractivity contribution in [2.45, 2.75) is 19.4 Å². The molecule has 0 fully saturated rings. The summed E-state index contributed by atoms with van der Waals surface area (Å²) >= 11 is 0. The summed E-state index contributed by atoms with van der Waals surface area (Å²) in [6.45, 7) is 2.68. The zero-order chi connectivity index (χ0) is 13.0. The van der Waals surface area contributed by atoms with Crippen LogP contribution in [0.25, 0.3) is 0 Å². The van der Waals surface area contributed by atoms with Gasteiger partial charge in [0.1, 0.15) is 11.6 Å². The number of aromatic hydroxyl groups is 1. The molecule has 1 unspecified atom stereocenters. The van der Waals surface area contributed by atoms with Crippen LogP contribution in [-0.2, 0) is 6.42 Å². The lowest BCUT2D eigenvalue weighted by Crippen LogP contribution is -2.21. The van der Waals surface area contributed by atoms with Crippen molar-refractivity contribution in [1.29, 1.82) is 0 Å². The van der Waals surface area contributed by atoms with E-state index in [0.717, 1.165) is 24.7 Å². The molecule has 96 valence electrons. The van der Waals surface area contributed by atoms with Gasteiger partial charge < -0.3 is 15.4 Å². The van der Waals surface area contributed by atoms with E-state index >= 15 is 0 Å². The van der Waals surface area contributed by atoms with Gasteiger partial charge >= 0.3 is 0 Å². The number of H-pyrrole nitrogens is 1. The molecule has 4 nitrogen and oxygen atoms in total. The van der Waals surface area contributed by atoms with Crippen molar-refractivity contribution >= 4 is 0 Å². The zero-order valence-electron chi connectivity index (χ0n) is 10.2. The number of aromatic amines is 1. The van der Waals surface area contributed by atoms with Gasteiger partial charge in [0.2, 0.25) is 0 Å². The second-order valence-corrected chi connectivity index (χ2v) is 4.21. The van der Waals surface area contributed by atoms with Crippen LogP contribution >= 0.6 is 0 Å². The molecular weight excluding hydrogens is 233 g/mol. The third-order valence-corrected chi connectivity index (χ3v) is 2.86. The first-order valence-electron chi connectivity index (χ1n) is 5.86. The fourth-order valence-corrected chi connectivity index (χ4v) is 1.84. The molecule has 1 aromatic heterocycles. The molecule has 1 atom stereocenters. The molecule has 0 amide bonds. The molecule has 0 aliphatic heterocycles. The number of hydrogen-bond donors (Lipinski definition) is 3. The second kappa shape index (κ2) is 5.64. The van der Waals surface area contributed by atoms with Crippen LogP contribution in [0, 0.1) is 5.82 Å². The first-order chi connectivity index (χ1) is 8.66. The van der Waals surface area contributed by atoms with Crippen LogP contribution in [-0.4, -0.2) is 21.6 Å². The Hall–Kier alpha value is -1.88. The Balaban J connectivity index is 1.89. The summed E-state index contributed by atoms with van der Waals surface area (Å²) in [6.07, 6.45) is 4.25. The normalized spacial score (nSPS) is 12.6. The van der Waals surface area contributed by atoms with Crippen molar-refractivity contribution in [3.8, 4) is 5.75 Å². The molecule has 0 aliphatic rings. The van der Waals surface area contributed by atoms with Crippen molar-refractivity contribution in [1.82, 2.24) is 15.3 Å². The SMILES string of the molecule is CC(NCCc1cnc[nH]1)c1ccc(F)cc1O. The van der Waals surface area contributed by atoms with Crippen molar-refractivity contribution in [3.05, 3.63) is 47.8 Å². The highest BCUT2D eigenvalue weighted by Crippen LogP contribution is 2.24. The number of imidazole rings is 1. The fraction of sp³-hybridized carbons (Fsp3) is 0.308. The molecule has 0 spiro atoms. The highest BCUT2D eigenvalue weighted by atomic mass is 19.1. The van der Waals surface area contributed by atoms with Crippen molar-refractivity contribution in [2.75, 3.05) is 6.54 Å². The third kappa shape index (κ3) is 3.07. The summed E-state index contributed by atoms with van der Waals surface area (Å²) in [4.78, 5) is 6.96. The van der Waals surface area contributed by atoms with E-state index in [0.29, 0.717) is 5.56 Å². The van der Waals surface area contributed by atoms with E-state index in [1.165, 1.54) is 6.07 Å². The molecule has 18 heavy (non-hydrogen) atoms. The largest absolute Gasteiger partial charge is 0.508 e. The van der Waals surface area contributed by atoms with E-state index in [1.807, 2.05) is 6.92 Å². The molecule has 5 heteroatoms. The molecule has 1 heterocycles. The summed E-state index contributed by atoms with van der Waals surface area (Å²) in [5, 5.41) is 12.9. The summed E-state index contributed by atoms with van der Waals surface area (Å²) < 4.78 is 12.9. The zero-order valence-corrected chi connectivity index (χ0v) is 10.2. The van der Waals surface area contributed by atoms with Gasteiger partial charge in [-0.05, 0) is 13.0 Å². The Morgan fingerprint density at radius 2 is 2.33 bits per heavy atom. The summed E-state index contributed by atoms with van der Waals surface area (Å²) in [5.41, 5.74) is 1.75. The van der Waals surface area contributed by atoms with E-state index in [1.54, 1.807) is 18.6 Å². The van der Waals surface area contributed by atoms with E-state index in [9.17, 15) is 9.50 Å². The molecule has 3 N–H and O–H groups in total. The average Bonchev–Trinajstić information content (AvgIpc) is 2.81. The maximum Gasteiger partial charge on any atom is 0.126 e. The minimum atomic E-state index is -0.430. The number of phenols is 1. The molecule has 2 rings (SSSR count). The molecule has 1 aromatic carbocycles. The minimum absolute atomic E-state index is 0.0171. The maximum atomic E-state index is 12.9. The minimum Gasteiger partial charge on any atom is -0.508 e. The second-order valence-electron chi connectivity index (χ2n) is 4.21. The molecule has 0 saturated heterocycles. The van der Waals surface area contributed by atoms with Gasteiger partial charge in [-0.25, -0.2) is 9.37 Å². The lowest BCUT2D eigenvalue weighted by Gasteiger charge is -2.15. The monoisotopic (exact) mass is 249 g/mol. The van der Waals surface area contributed by atoms with Gasteiger partial charge in [-0.15, -0.1) is 0 Å². The molecular formula is C13H16FN3O. The Labute approximate surface area is 105 Å². The smallest absolute Gasteiger partial charge is 0.126 e. The van der Waals surface area contributed by atoms with Gasteiger partial charge in [0, 0.05) is 42.5 Å². The number of aromatic nitrogens is 2. The van der Waals surface area contributed by atoms with Crippen LogP contribution in [0.15, 0.2) is 30.7 Å². The Morgan fingerprint density at radius 3 is 3.00 bits per heavy atom. The highest BCUT2D eigenvalue weighted by Gasteiger charge is 2.10. The average molecular weight is 249 g/mol. The Bertz CT molecular complexity index is 499. The van der Waals surface area contributed by atoms with E-state index in [4.69, 9.17) is 0 Å². The first-order valence-corrected chi connectivity index (χ1v) is 5.86. The van der Waals surface area contributed by atoms with E-state index in [-0.39, 0.29) is 11.8 Å². The van der Waals surface area contributed by atoms with E-state index < -0.39 is 5.82 Å². The van der Waals surface area contributed by atoms with Gasteiger partial charge in [-0.2, -0.15) is 0 Å². The number of benzene rings is 1. The fourth-order valence-electron chi connectivity index (χ4n) is 1.84. The lowest BCUT2D eigenvalue weighted by molar-refractivity contribution is 0.447. The molecule has 0 radical (unpaired) electrons. The van der Waals surface area contributed by atoms with Gasteiger partial charge in [0.25, 0.3) is 0 Å². The highest BCUT2D eigenvalue weighted by molar-refractivity contribution is 5.34. The number of phenolic OH excluding ortho intramolecular Hbond substituents is 1. The maximum absolute atomic E-state index is 12.9. The number of rotatable bonds is 5. The molecule has 0 saturated carbocycles. The number of halogens is 1. The van der Waals surface area contributed by atoms with E-state index in [2.05, 4.69) is 15.3 Å². The van der Waals surface area contributed by atoms with Crippen LogP contribution in [0.2, 0.25) is 0 Å². The van der Waals surface area contributed by atoms with Crippen molar-refractivity contribution in [2.24, 2.45) is 0 Å².